The van der Waals surface area contributed by atoms with Crippen LogP contribution in [0.3, 0.4) is 0 Å². The van der Waals surface area contributed by atoms with Crippen molar-refractivity contribution >= 4 is 5.91 Å². The number of nitrogens with two attached hydrogens (primary N) is 1. The van der Waals surface area contributed by atoms with Crippen molar-refractivity contribution in [3.05, 3.63) is 35.6 Å². The van der Waals surface area contributed by atoms with E-state index >= 15 is 0 Å². The standard InChI is InChI=1S/C18H25FN2O2/c1-13-9-14(11-20)12-21(13)17(22)18(5-7-23-8-6-18)15-3-2-4-16(19)10-15/h2-4,10,13-14H,5-9,11-12,20H2,1H3. The first-order valence-electron chi connectivity index (χ1n) is 8.42. The Bertz CT molecular complexity index is 572. The Labute approximate surface area is 136 Å². The number of halogens is 1. The molecular weight excluding hydrogens is 295 g/mol. The van der Waals surface area contributed by atoms with Crippen LogP contribution in [0.2, 0.25) is 0 Å². The summed E-state index contributed by atoms with van der Waals surface area (Å²) < 4.78 is 19.2. The first-order chi connectivity index (χ1) is 11.1. The average Bonchev–Trinajstić information content (AvgIpc) is 2.95. The normalized spacial score (nSPS) is 27.2. The van der Waals surface area contributed by atoms with E-state index in [1.54, 1.807) is 6.07 Å². The molecule has 5 heteroatoms. The van der Waals surface area contributed by atoms with Gasteiger partial charge < -0.3 is 15.4 Å². The van der Waals surface area contributed by atoms with Crippen LogP contribution in [0, 0.1) is 11.7 Å². The second-order valence-electron chi connectivity index (χ2n) is 6.85. The van der Waals surface area contributed by atoms with Gasteiger partial charge in [-0.3, -0.25) is 4.79 Å². The van der Waals surface area contributed by atoms with Gasteiger partial charge in [-0.05, 0) is 56.3 Å². The Morgan fingerprint density at radius 1 is 1.43 bits per heavy atom. The van der Waals surface area contributed by atoms with Gasteiger partial charge in [-0.15, -0.1) is 0 Å². The van der Waals surface area contributed by atoms with Crippen molar-refractivity contribution < 1.29 is 13.9 Å². The van der Waals surface area contributed by atoms with E-state index < -0.39 is 5.41 Å². The maximum Gasteiger partial charge on any atom is 0.233 e. The fourth-order valence-electron chi connectivity index (χ4n) is 4.00. The lowest BCUT2D eigenvalue weighted by atomic mass is 9.73. The summed E-state index contributed by atoms with van der Waals surface area (Å²) in [5, 5.41) is 0. The highest BCUT2D eigenvalue weighted by atomic mass is 19.1. The van der Waals surface area contributed by atoms with Gasteiger partial charge in [0.2, 0.25) is 5.91 Å². The number of ether oxygens (including phenoxy) is 1. The van der Waals surface area contributed by atoms with Crippen LogP contribution in [-0.2, 0) is 14.9 Å². The number of rotatable bonds is 3. The van der Waals surface area contributed by atoms with Crippen molar-refractivity contribution in [2.75, 3.05) is 26.3 Å². The molecule has 0 aromatic heterocycles. The molecule has 3 rings (SSSR count). The van der Waals surface area contributed by atoms with Crippen LogP contribution in [0.15, 0.2) is 24.3 Å². The topological polar surface area (TPSA) is 55.6 Å². The lowest BCUT2D eigenvalue weighted by molar-refractivity contribution is -0.142. The van der Waals surface area contributed by atoms with Gasteiger partial charge in [0.05, 0.1) is 5.41 Å². The fourth-order valence-corrected chi connectivity index (χ4v) is 4.00. The second-order valence-corrected chi connectivity index (χ2v) is 6.85. The maximum atomic E-state index is 13.8. The van der Waals surface area contributed by atoms with E-state index in [9.17, 15) is 9.18 Å². The highest BCUT2D eigenvalue weighted by Gasteiger charge is 2.47. The van der Waals surface area contributed by atoms with Crippen LogP contribution in [0.4, 0.5) is 4.39 Å². The lowest BCUT2D eigenvalue weighted by Crippen LogP contribution is -2.51. The number of likely N-dealkylation sites (tertiary alicyclic amines) is 1. The summed E-state index contributed by atoms with van der Waals surface area (Å²) in [6, 6.07) is 6.66. The summed E-state index contributed by atoms with van der Waals surface area (Å²) >= 11 is 0. The molecule has 1 aromatic rings. The predicted molar refractivity (Wildman–Crippen MR) is 86.5 cm³/mol. The highest BCUT2D eigenvalue weighted by Crippen LogP contribution is 2.39. The van der Waals surface area contributed by atoms with Crippen LogP contribution >= 0.6 is 0 Å². The van der Waals surface area contributed by atoms with Crippen molar-refractivity contribution in [1.82, 2.24) is 4.90 Å². The molecule has 0 radical (unpaired) electrons. The second kappa shape index (κ2) is 6.57. The molecule has 2 N–H and O–H groups in total. The number of hydrogen-bond donors (Lipinski definition) is 1. The van der Waals surface area contributed by atoms with E-state index in [0.717, 1.165) is 12.0 Å². The monoisotopic (exact) mass is 320 g/mol. The summed E-state index contributed by atoms with van der Waals surface area (Å²) in [5.41, 5.74) is 5.90. The van der Waals surface area contributed by atoms with Crippen LogP contribution in [0.1, 0.15) is 31.7 Å². The molecule has 2 saturated heterocycles. The number of nitrogens with zero attached hydrogens (tertiary/aromatic N) is 1. The summed E-state index contributed by atoms with van der Waals surface area (Å²) in [5.74, 6) is 0.170. The minimum Gasteiger partial charge on any atom is -0.381 e. The van der Waals surface area contributed by atoms with E-state index in [2.05, 4.69) is 6.92 Å². The van der Waals surface area contributed by atoms with Gasteiger partial charge in [0.25, 0.3) is 0 Å². The molecule has 0 saturated carbocycles. The van der Waals surface area contributed by atoms with Crippen molar-refractivity contribution in [2.45, 2.75) is 37.6 Å². The van der Waals surface area contributed by atoms with Gasteiger partial charge in [-0.1, -0.05) is 12.1 Å². The van der Waals surface area contributed by atoms with Crippen LogP contribution in [0.5, 0.6) is 0 Å². The van der Waals surface area contributed by atoms with E-state index in [4.69, 9.17) is 10.5 Å². The van der Waals surface area contributed by atoms with Gasteiger partial charge in [-0.2, -0.15) is 0 Å². The minimum atomic E-state index is -0.669. The molecular formula is C18H25FN2O2. The summed E-state index contributed by atoms with van der Waals surface area (Å²) in [4.78, 5) is 15.4. The van der Waals surface area contributed by atoms with Crippen molar-refractivity contribution in [1.29, 1.82) is 0 Å². The van der Waals surface area contributed by atoms with Crippen molar-refractivity contribution in [3.63, 3.8) is 0 Å². The molecule has 23 heavy (non-hydrogen) atoms. The first-order valence-corrected chi connectivity index (χ1v) is 8.42. The summed E-state index contributed by atoms with van der Waals surface area (Å²) in [6.07, 6.45) is 2.15. The molecule has 0 bridgehead atoms. The number of benzene rings is 1. The molecule has 2 heterocycles. The van der Waals surface area contributed by atoms with Gasteiger partial charge >= 0.3 is 0 Å². The lowest BCUT2D eigenvalue weighted by Gasteiger charge is -2.40. The zero-order valence-electron chi connectivity index (χ0n) is 13.6. The van der Waals surface area contributed by atoms with Crippen LogP contribution < -0.4 is 5.73 Å². The molecule has 126 valence electrons. The molecule has 0 spiro atoms. The number of hydrogen-bond acceptors (Lipinski definition) is 3. The Morgan fingerprint density at radius 2 is 2.17 bits per heavy atom. The zero-order chi connectivity index (χ0) is 16.4. The predicted octanol–water partition coefficient (Wildman–Crippen LogP) is 2.07. The van der Waals surface area contributed by atoms with E-state index in [-0.39, 0.29) is 17.8 Å². The third-order valence-electron chi connectivity index (χ3n) is 5.39. The van der Waals surface area contributed by atoms with Gasteiger partial charge in [0.15, 0.2) is 0 Å². The molecule has 2 fully saturated rings. The van der Waals surface area contributed by atoms with Crippen molar-refractivity contribution in [3.8, 4) is 0 Å². The van der Waals surface area contributed by atoms with Gasteiger partial charge in [0.1, 0.15) is 5.82 Å². The van der Waals surface area contributed by atoms with E-state index in [1.165, 1.54) is 12.1 Å². The number of carbonyl (C=O) groups excluding carboxylic acids is 1. The van der Waals surface area contributed by atoms with Gasteiger partial charge in [0, 0.05) is 25.8 Å². The molecule has 0 aliphatic carbocycles. The van der Waals surface area contributed by atoms with Crippen LogP contribution in [0.25, 0.3) is 0 Å². The Balaban J connectivity index is 1.94. The quantitative estimate of drug-likeness (QED) is 0.927. The Hall–Kier alpha value is -1.46. The summed E-state index contributed by atoms with van der Waals surface area (Å²) in [7, 11) is 0. The third kappa shape index (κ3) is 3.00. The molecule has 2 unspecified atom stereocenters. The van der Waals surface area contributed by atoms with E-state index in [1.807, 2.05) is 11.0 Å². The fraction of sp³-hybridized carbons (Fsp3) is 0.611. The largest absolute Gasteiger partial charge is 0.381 e. The Morgan fingerprint density at radius 3 is 2.78 bits per heavy atom. The highest BCUT2D eigenvalue weighted by molar-refractivity contribution is 5.89. The number of carbonyl (C=O) groups is 1. The first kappa shape index (κ1) is 16.4. The third-order valence-corrected chi connectivity index (χ3v) is 5.39. The van der Waals surface area contributed by atoms with E-state index in [0.29, 0.717) is 45.1 Å². The smallest absolute Gasteiger partial charge is 0.233 e. The number of amides is 1. The van der Waals surface area contributed by atoms with Crippen molar-refractivity contribution in [2.24, 2.45) is 11.7 Å². The molecule has 1 aromatic carbocycles. The molecule has 2 atom stereocenters. The maximum absolute atomic E-state index is 13.8. The van der Waals surface area contributed by atoms with Gasteiger partial charge in [-0.25, -0.2) is 4.39 Å². The summed E-state index contributed by atoms with van der Waals surface area (Å²) in [6.45, 7) is 4.44. The zero-order valence-corrected chi connectivity index (χ0v) is 13.6. The van der Waals surface area contributed by atoms with Crippen LogP contribution in [-0.4, -0.2) is 43.2 Å². The SMILES string of the molecule is CC1CC(CN)CN1C(=O)C1(c2cccc(F)c2)CCOCC1. The molecule has 4 nitrogen and oxygen atoms in total. The average molecular weight is 320 g/mol. The Kier molecular flexibility index (Phi) is 4.69. The minimum absolute atomic E-state index is 0.106. The molecule has 2 aliphatic rings. The molecule has 1 amide bonds. The molecule has 2 aliphatic heterocycles.